The van der Waals surface area contributed by atoms with Crippen LogP contribution >= 0.6 is 0 Å². The topological polar surface area (TPSA) is 72.9 Å². The van der Waals surface area contributed by atoms with Crippen molar-refractivity contribution in [1.29, 1.82) is 0 Å². The van der Waals surface area contributed by atoms with E-state index >= 15 is 0 Å². The van der Waals surface area contributed by atoms with Crippen molar-refractivity contribution < 1.29 is 23.9 Å². The van der Waals surface area contributed by atoms with Gasteiger partial charge in [-0.05, 0) is 37.5 Å². The second-order valence-corrected chi connectivity index (χ2v) is 7.15. The number of benzene rings is 1. The predicted octanol–water partition coefficient (Wildman–Crippen LogP) is 3.76. The number of carbonyl (C=O) groups excluding carboxylic acids is 3. The Morgan fingerprint density at radius 3 is 2.52 bits per heavy atom. The van der Waals surface area contributed by atoms with Crippen LogP contribution < -0.4 is 9.64 Å². The van der Waals surface area contributed by atoms with Crippen molar-refractivity contribution in [3.8, 4) is 5.75 Å². The summed E-state index contributed by atoms with van der Waals surface area (Å²) in [7, 11) is 0. The number of amides is 1. The lowest BCUT2D eigenvalue weighted by Crippen LogP contribution is -2.54. The van der Waals surface area contributed by atoms with Crippen LogP contribution in [0.5, 0.6) is 5.75 Å². The van der Waals surface area contributed by atoms with E-state index in [1.807, 2.05) is 20.8 Å². The van der Waals surface area contributed by atoms with Crippen molar-refractivity contribution in [2.24, 2.45) is 5.92 Å². The van der Waals surface area contributed by atoms with Crippen molar-refractivity contribution in [3.05, 3.63) is 23.8 Å². The van der Waals surface area contributed by atoms with E-state index in [9.17, 15) is 14.4 Å². The number of anilines is 1. The molecule has 0 aliphatic carbocycles. The van der Waals surface area contributed by atoms with Gasteiger partial charge in [-0.3, -0.25) is 14.5 Å². The van der Waals surface area contributed by atoms with E-state index in [4.69, 9.17) is 9.47 Å². The fourth-order valence-corrected chi connectivity index (χ4v) is 2.99. The summed E-state index contributed by atoms with van der Waals surface area (Å²) >= 11 is 0. The molecule has 1 aliphatic heterocycles. The largest absolute Gasteiger partial charge is 0.478 e. The first-order chi connectivity index (χ1) is 12.8. The molecule has 0 bridgehead atoms. The first kappa shape index (κ1) is 20.9. The maximum atomic E-state index is 13.1. The highest BCUT2D eigenvalue weighted by atomic mass is 16.5. The Morgan fingerprint density at radius 1 is 1.22 bits per heavy atom. The quantitative estimate of drug-likeness (QED) is 0.393. The zero-order valence-electron chi connectivity index (χ0n) is 16.8. The van der Waals surface area contributed by atoms with E-state index in [1.54, 1.807) is 32.0 Å². The minimum Gasteiger partial charge on any atom is -0.478 e. The molecule has 148 valence electrons. The molecule has 1 aliphatic rings. The predicted molar refractivity (Wildman–Crippen MR) is 103 cm³/mol. The van der Waals surface area contributed by atoms with Crippen molar-refractivity contribution in [2.75, 3.05) is 11.5 Å². The molecular formula is C21H29NO5. The summed E-state index contributed by atoms with van der Waals surface area (Å²) in [4.78, 5) is 39.1. The average Bonchev–Trinajstić information content (AvgIpc) is 2.65. The van der Waals surface area contributed by atoms with Gasteiger partial charge in [0.05, 0.1) is 12.3 Å². The van der Waals surface area contributed by atoms with Crippen LogP contribution in [0.2, 0.25) is 0 Å². The van der Waals surface area contributed by atoms with Crippen LogP contribution in [0.15, 0.2) is 18.2 Å². The zero-order chi connectivity index (χ0) is 20.1. The Hall–Kier alpha value is -2.37. The molecule has 0 spiro atoms. The highest BCUT2D eigenvalue weighted by molar-refractivity contribution is 6.06. The maximum Gasteiger partial charge on any atom is 0.328 e. The molecule has 2 atom stereocenters. The normalized spacial score (nSPS) is 17.3. The fraction of sp³-hybridized carbons (Fsp3) is 0.571. The third-order valence-corrected chi connectivity index (χ3v) is 4.67. The van der Waals surface area contributed by atoms with Crippen LogP contribution in [-0.2, 0) is 14.3 Å². The van der Waals surface area contributed by atoms with E-state index in [-0.39, 0.29) is 17.6 Å². The van der Waals surface area contributed by atoms with E-state index in [2.05, 4.69) is 0 Å². The van der Waals surface area contributed by atoms with Gasteiger partial charge in [-0.1, -0.05) is 34.1 Å². The number of ether oxygens (including phenoxy) is 2. The Morgan fingerprint density at radius 2 is 1.93 bits per heavy atom. The van der Waals surface area contributed by atoms with Crippen molar-refractivity contribution in [3.63, 3.8) is 0 Å². The van der Waals surface area contributed by atoms with E-state index in [0.29, 0.717) is 30.0 Å². The van der Waals surface area contributed by atoms with Crippen LogP contribution in [0.3, 0.4) is 0 Å². The number of hydrogen-bond donors (Lipinski definition) is 0. The standard InChI is InChI=1S/C21H29NO5/c1-6-8-11-26-21(25)14(5)22-16-12-15(17(23)7-2)9-10-18(16)27-19(13(3)4)20(22)24/h9-10,12-14,19H,6-8,11H2,1-5H3. The molecule has 1 amide bonds. The molecule has 27 heavy (non-hydrogen) atoms. The highest BCUT2D eigenvalue weighted by Crippen LogP contribution is 2.38. The molecule has 0 N–H and O–H groups in total. The first-order valence-corrected chi connectivity index (χ1v) is 9.65. The van der Waals surface area contributed by atoms with Gasteiger partial charge in [0, 0.05) is 12.0 Å². The van der Waals surface area contributed by atoms with Crippen LogP contribution in [0, 0.1) is 5.92 Å². The number of nitrogens with zero attached hydrogens (tertiary/aromatic N) is 1. The van der Waals surface area contributed by atoms with Crippen molar-refractivity contribution >= 4 is 23.3 Å². The molecule has 0 aromatic heterocycles. The maximum absolute atomic E-state index is 13.1. The second kappa shape index (κ2) is 9.02. The smallest absolute Gasteiger partial charge is 0.328 e. The molecule has 2 unspecified atom stereocenters. The van der Waals surface area contributed by atoms with Gasteiger partial charge in [-0.15, -0.1) is 0 Å². The summed E-state index contributed by atoms with van der Waals surface area (Å²) in [6.45, 7) is 9.55. The summed E-state index contributed by atoms with van der Waals surface area (Å²) in [5.41, 5.74) is 0.934. The van der Waals surface area contributed by atoms with E-state index in [0.717, 1.165) is 12.8 Å². The Bertz CT molecular complexity index is 713. The van der Waals surface area contributed by atoms with Gasteiger partial charge in [0.2, 0.25) is 0 Å². The first-order valence-electron chi connectivity index (χ1n) is 9.65. The molecule has 6 nitrogen and oxygen atoms in total. The fourth-order valence-electron chi connectivity index (χ4n) is 2.99. The number of Topliss-reactive ketones (excluding diaryl/α,β-unsaturated/α-hetero) is 1. The summed E-state index contributed by atoms with van der Waals surface area (Å²) < 4.78 is 11.2. The summed E-state index contributed by atoms with van der Waals surface area (Å²) in [5, 5.41) is 0. The lowest BCUT2D eigenvalue weighted by molar-refractivity contribution is -0.147. The summed E-state index contributed by atoms with van der Waals surface area (Å²) in [6.07, 6.45) is 1.36. The second-order valence-electron chi connectivity index (χ2n) is 7.15. The van der Waals surface area contributed by atoms with Gasteiger partial charge in [0.25, 0.3) is 5.91 Å². The Labute approximate surface area is 160 Å². The molecule has 0 radical (unpaired) electrons. The molecule has 1 aromatic carbocycles. The molecule has 1 heterocycles. The van der Waals surface area contributed by atoms with Gasteiger partial charge in [0.15, 0.2) is 11.9 Å². The number of unbranched alkanes of at least 4 members (excludes halogenated alkanes) is 1. The Balaban J connectivity index is 2.42. The molecule has 1 aromatic rings. The van der Waals surface area contributed by atoms with Crippen molar-refractivity contribution in [2.45, 2.75) is 66.0 Å². The van der Waals surface area contributed by atoms with Crippen molar-refractivity contribution in [1.82, 2.24) is 0 Å². The number of hydrogen-bond acceptors (Lipinski definition) is 5. The molecule has 0 fully saturated rings. The highest BCUT2D eigenvalue weighted by Gasteiger charge is 2.41. The number of fused-ring (bicyclic) bond motifs is 1. The zero-order valence-corrected chi connectivity index (χ0v) is 16.8. The van der Waals surface area contributed by atoms with Crippen LogP contribution in [0.4, 0.5) is 5.69 Å². The molecule has 6 heteroatoms. The van der Waals surface area contributed by atoms with Crippen LogP contribution in [0.25, 0.3) is 0 Å². The molecule has 0 saturated heterocycles. The number of rotatable bonds is 8. The van der Waals surface area contributed by atoms with Gasteiger partial charge < -0.3 is 9.47 Å². The van der Waals surface area contributed by atoms with Gasteiger partial charge in [-0.2, -0.15) is 0 Å². The number of esters is 1. The van der Waals surface area contributed by atoms with Gasteiger partial charge in [0.1, 0.15) is 11.8 Å². The van der Waals surface area contributed by atoms with Crippen LogP contribution in [0.1, 0.15) is 64.2 Å². The lowest BCUT2D eigenvalue weighted by Gasteiger charge is -2.38. The minimum atomic E-state index is -0.801. The minimum absolute atomic E-state index is 0.0330. The molecule has 2 rings (SSSR count). The monoisotopic (exact) mass is 375 g/mol. The Kier molecular flexibility index (Phi) is 6.99. The average molecular weight is 375 g/mol. The van der Waals surface area contributed by atoms with Gasteiger partial charge in [-0.25, -0.2) is 4.79 Å². The third-order valence-electron chi connectivity index (χ3n) is 4.67. The summed E-state index contributed by atoms with van der Waals surface area (Å²) in [6, 6.07) is 4.22. The summed E-state index contributed by atoms with van der Waals surface area (Å²) in [5.74, 6) is -0.352. The molecular weight excluding hydrogens is 346 g/mol. The van der Waals surface area contributed by atoms with E-state index < -0.39 is 18.1 Å². The van der Waals surface area contributed by atoms with E-state index in [1.165, 1.54) is 4.90 Å². The number of carbonyl (C=O) groups is 3. The molecule has 0 saturated carbocycles. The van der Waals surface area contributed by atoms with Crippen LogP contribution in [-0.4, -0.2) is 36.4 Å². The number of ketones is 1. The lowest BCUT2D eigenvalue weighted by atomic mass is 10.00. The van der Waals surface area contributed by atoms with Gasteiger partial charge >= 0.3 is 5.97 Å². The third kappa shape index (κ3) is 4.49. The SMILES string of the molecule is CCCCOC(=O)C(C)N1C(=O)C(C(C)C)Oc2ccc(C(=O)CC)cc21.